The van der Waals surface area contributed by atoms with Crippen molar-refractivity contribution in [2.75, 3.05) is 5.75 Å². The zero-order valence-electron chi connectivity index (χ0n) is 14.9. The maximum absolute atomic E-state index is 13.1. The molecule has 6 heteroatoms. The highest BCUT2D eigenvalue weighted by Crippen LogP contribution is 2.40. The summed E-state index contributed by atoms with van der Waals surface area (Å²) < 4.78 is 5.93. The minimum absolute atomic E-state index is 0.185. The summed E-state index contributed by atoms with van der Waals surface area (Å²) in [7, 11) is 0. The van der Waals surface area contributed by atoms with Gasteiger partial charge in [-0.3, -0.25) is 9.69 Å². The fourth-order valence-electron chi connectivity index (χ4n) is 3.41. The van der Waals surface area contributed by atoms with Crippen molar-refractivity contribution in [3.05, 3.63) is 83.1 Å². The van der Waals surface area contributed by atoms with Crippen molar-refractivity contribution in [1.29, 1.82) is 0 Å². The second-order valence-corrected chi connectivity index (χ2v) is 7.78. The molecule has 0 aromatic heterocycles. The molecular weight excluding hydrogens is 360 g/mol. The number of ether oxygens (including phenoxy) is 1. The molecule has 0 spiro atoms. The van der Waals surface area contributed by atoms with Crippen LogP contribution in [0.4, 0.5) is 0 Å². The van der Waals surface area contributed by atoms with E-state index in [0.29, 0.717) is 11.4 Å². The highest BCUT2D eigenvalue weighted by Gasteiger charge is 2.51. The van der Waals surface area contributed by atoms with Gasteiger partial charge in [0, 0.05) is 5.75 Å². The molecule has 138 valence electrons. The predicted molar refractivity (Wildman–Crippen MR) is 105 cm³/mol. The lowest BCUT2D eigenvalue weighted by atomic mass is 10.0. The second kappa shape index (κ2) is 7.21. The Kier molecular flexibility index (Phi) is 4.76. The van der Waals surface area contributed by atoms with Crippen molar-refractivity contribution >= 4 is 23.6 Å². The molecule has 0 bridgehead atoms. The van der Waals surface area contributed by atoms with Gasteiger partial charge in [-0.25, -0.2) is 4.79 Å². The topological polar surface area (TPSA) is 72.6 Å². The van der Waals surface area contributed by atoms with Crippen molar-refractivity contribution in [2.45, 2.75) is 24.4 Å². The smallest absolute Gasteiger partial charge is 0.356 e. The molecule has 0 saturated carbocycles. The summed E-state index contributed by atoms with van der Waals surface area (Å²) >= 11 is 1.58. The van der Waals surface area contributed by atoms with E-state index in [2.05, 4.69) is 0 Å². The van der Waals surface area contributed by atoms with E-state index in [-0.39, 0.29) is 11.3 Å². The number of β-lactam (4-membered cyclic amide) rings is 1. The standard InChI is InChI=1S/C21H20N2O3S/c1-13-12-27-20-16(22)19(24)23(20)17(13)21(25)26-18(14-8-4-2-5-9-14)15-10-6-3-7-11-15/h2-11,16,18,20H,12,22H2,1H3/t16-,20-/m1/s1. The summed E-state index contributed by atoms with van der Waals surface area (Å²) in [5.74, 6) is -0.0567. The number of hydrogen-bond donors (Lipinski definition) is 1. The summed E-state index contributed by atoms with van der Waals surface area (Å²) in [6, 6.07) is 18.6. The number of carbonyl (C=O) groups is 2. The van der Waals surface area contributed by atoms with Gasteiger partial charge in [-0.1, -0.05) is 60.7 Å². The minimum atomic E-state index is -0.551. The summed E-state index contributed by atoms with van der Waals surface area (Å²) in [5, 5.41) is -0.185. The molecule has 2 heterocycles. The molecule has 27 heavy (non-hydrogen) atoms. The molecule has 2 aliphatic heterocycles. The quantitative estimate of drug-likeness (QED) is 0.652. The number of amides is 1. The maximum Gasteiger partial charge on any atom is 0.356 e. The first kappa shape index (κ1) is 17.8. The maximum atomic E-state index is 13.1. The van der Waals surface area contributed by atoms with Crippen molar-refractivity contribution in [2.24, 2.45) is 5.73 Å². The fraction of sp³-hybridized carbons (Fsp3) is 0.238. The van der Waals surface area contributed by atoms with E-state index in [1.807, 2.05) is 67.6 Å². The Labute approximate surface area is 162 Å². The van der Waals surface area contributed by atoms with Crippen molar-refractivity contribution in [1.82, 2.24) is 4.90 Å². The van der Waals surface area contributed by atoms with Gasteiger partial charge in [0.1, 0.15) is 17.1 Å². The van der Waals surface area contributed by atoms with Crippen LogP contribution >= 0.6 is 11.8 Å². The van der Waals surface area contributed by atoms with Crippen molar-refractivity contribution in [3.63, 3.8) is 0 Å². The van der Waals surface area contributed by atoms with Crippen LogP contribution in [0.15, 0.2) is 71.9 Å². The van der Waals surface area contributed by atoms with Crippen molar-refractivity contribution in [3.8, 4) is 0 Å². The molecule has 1 amide bonds. The molecule has 1 saturated heterocycles. The lowest BCUT2D eigenvalue weighted by molar-refractivity contribution is -0.153. The first-order chi connectivity index (χ1) is 13.1. The van der Waals surface area contributed by atoms with E-state index in [9.17, 15) is 9.59 Å². The first-order valence-corrected chi connectivity index (χ1v) is 9.83. The Bertz CT molecular complexity index is 859. The molecule has 1 fully saturated rings. The minimum Gasteiger partial charge on any atom is -0.448 e. The van der Waals surface area contributed by atoms with Crippen LogP contribution in [0.1, 0.15) is 24.2 Å². The van der Waals surface area contributed by atoms with Crippen molar-refractivity contribution < 1.29 is 14.3 Å². The summed E-state index contributed by atoms with van der Waals surface area (Å²) in [5.41, 5.74) is 8.81. The zero-order valence-corrected chi connectivity index (χ0v) is 15.7. The van der Waals surface area contributed by atoms with E-state index in [1.54, 1.807) is 11.8 Å². The number of benzene rings is 2. The number of carbonyl (C=O) groups excluding carboxylic acids is 2. The van der Waals surface area contributed by atoms with Gasteiger partial charge in [0.05, 0.1) is 0 Å². The summed E-state index contributed by atoms with van der Waals surface area (Å²) in [6.07, 6.45) is -0.543. The van der Waals surface area contributed by atoms with Gasteiger partial charge in [0.2, 0.25) is 5.91 Å². The Hall–Kier alpha value is -2.57. The van der Waals surface area contributed by atoms with Gasteiger partial charge in [-0.15, -0.1) is 11.8 Å². The molecule has 0 aliphatic carbocycles. The van der Waals surface area contributed by atoms with E-state index in [4.69, 9.17) is 10.5 Å². The molecule has 0 radical (unpaired) electrons. The highest BCUT2D eigenvalue weighted by molar-refractivity contribution is 8.00. The van der Waals surface area contributed by atoms with Crippen LogP contribution in [0.3, 0.4) is 0 Å². The number of esters is 1. The molecule has 5 nitrogen and oxygen atoms in total. The predicted octanol–water partition coefficient (Wildman–Crippen LogP) is 2.84. The average Bonchev–Trinajstić information content (AvgIpc) is 2.72. The molecule has 2 N–H and O–H groups in total. The largest absolute Gasteiger partial charge is 0.448 e. The molecule has 2 aromatic rings. The van der Waals surface area contributed by atoms with Gasteiger partial charge in [-0.05, 0) is 23.6 Å². The average molecular weight is 380 g/mol. The van der Waals surface area contributed by atoms with Crippen LogP contribution in [-0.4, -0.2) is 33.9 Å². The normalized spacial score (nSPS) is 21.7. The van der Waals surface area contributed by atoms with Gasteiger partial charge in [0.15, 0.2) is 6.10 Å². The Morgan fingerprint density at radius 1 is 1.11 bits per heavy atom. The van der Waals surface area contributed by atoms with E-state index < -0.39 is 18.1 Å². The number of fused-ring (bicyclic) bond motifs is 1. The molecule has 4 rings (SSSR count). The lowest BCUT2D eigenvalue weighted by Crippen LogP contribution is -2.68. The third kappa shape index (κ3) is 3.15. The number of nitrogens with zero attached hydrogens (tertiary/aromatic N) is 1. The van der Waals surface area contributed by atoms with Crippen LogP contribution in [-0.2, 0) is 14.3 Å². The number of thioether (sulfide) groups is 1. The highest BCUT2D eigenvalue weighted by atomic mass is 32.2. The molecule has 2 atom stereocenters. The number of hydrogen-bond acceptors (Lipinski definition) is 5. The zero-order chi connectivity index (χ0) is 19.0. The Balaban J connectivity index is 1.65. The number of nitrogens with two attached hydrogens (primary N) is 1. The van der Waals surface area contributed by atoms with E-state index >= 15 is 0 Å². The van der Waals surface area contributed by atoms with Gasteiger partial charge in [0.25, 0.3) is 0 Å². The third-order valence-electron chi connectivity index (χ3n) is 4.82. The molecular formula is C21H20N2O3S. The first-order valence-electron chi connectivity index (χ1n) is 8.79. The molecule has 2 aromatic carbocycles. The lowest BCUT2D eigenvalue weighted by Gasteiger charge is -2.48. The van der Waals surface area contributed by atoms with Crippen LogP contribution in [0, 0.1) is 0 Å². The monoisotopic (exact) mass is 380 g/mol. The Morgan fingerprint density at radius 3 is 2.22 bits per heavy atom. The third-order valence-corrected chi connectivity index (χ3v) is 6.27. The summed E-state index contributed by atoms with van der Waals surface area (Å²) in [4.78, 5) is 26.8. The number of rotatable bonds is 4. The van der Waals surface area contributed by atoms with Gasteiger partial charge < -0.3 is 10.5 Å². The SMILES string of the molecule is CC1=C(C(=O)OC(c2ccccc2)c2ccccc2)N2C(=O)[C@@H](N)[C@H]2SC1. The van der Waals surface area contributed by atoms with Crippen LogP contribution < -0.4 is 5.73 Å². The molecule has 2 aliphatic rings. The van der Waals surface area contributed by atoms with Gasteiger partial charge in [-0.2, -0.15) is 0 Å². The van der Waals surface area contributed by atoms with Crippen LogP contribution in [0.2, 0.25) is 0 Å². The van der Waals surface area contributed by atoms with Crippen LogP contribution in [0.25, 0.3) is 0 Å². The van der Waals surface area contributed by atoms with E-state index in [0.717, 1.165) is 16.7 Å². The van der Waals surface area contributed by atoms with E-state index in [1.165, 1.54) is 4.90 Å². The Morgan fingerprint density at radius 2 is 1.67 bits per heavy atom. The molecule has 0 unspecified atom stereocenters. The van der Waals surface area contributed by atoms with Gasteiger partial charge >= 0.3 is 5.97 Å². The summed E-state index contributed by atoms with van der Waals surface area (Å²) in [6.45, 7) is 1.86. The fourth-order valence-corrected chi connectivity index (χ4v) is 4.65. The van der Waals surface area contributed by atoms with Crippen LogP contribution in [0.5, 0.6) is 0 Å². The second-order valence-electron chi connectivity index (χ2n) is 6.67.